The van der Waals surface area contributed by atoms with Gasteiger partial charge < -0.3 is 93.7 Å². The van der Waals surface area contributed by atoms with Crippen molar-refractivity contribution in [3.8, 4) is 11.5 Å². The standard InChI is InChI=1S/C76H96F3N15O15/c1-40(2)66(98)88-59-36-63(96)82-27-29-109-51-20-13-43(14-21-51)30-58(65(81)97)91-75(107)76(5)25-9-28-94(76)74(106)60(31-44-11-18-50(108-6)19-12-44)90-72(104)64(42(4)95)92-71(103)62-35-49(79)39-93(62)73(105)61(32-46-38-84-55-24-17-48(78)34-53(46)55)89-69(101)57(22-15-45-37-83-54-23-16-47(77)33-52(45)54)86-67(99)41(3)85-68(100)56(87-70(59)102)10-7-8-26-80/h11-14,16-21,23-24,33-34,37-38,40-42,49,56-62,64,83-84,95H,7-10,15,22,25-32,35-36,39,80H2,1-6H3,(H2,81,97)(H,82,96)(H,85,100)(H,86,99)(H,87,102)(H,88,98)(H,89,101)(H,90,104)(H,91,107)(H,92,103)/t41-,42-,49+,56+,57+,58+,59+,60+,61+,62+,64+,76+/m1/s1. The highest BCUT2D eigenvalue weighted by Crippen LogP contribution is 2.32. The minimum absolute atomic E-state index is 0.0123. The first-order valence-electron chi connectivity index (χ1n) is 36.4. The van der Waals surface area contributed by atoms with Crippen molar-refractivity contribution in [1.82, 2.24) is 67.6 Å². The third-order valence-electron chi connectivity index (χ3n) is 19.9. The normalized spacial score (nSPS) is 24.9. The summed E-state index contributed by atoms with van der Waals surface area (Å²) in [4.78, 5) is 182. The molecule has 2 fully saturated rings. The summed E-state index contributed by atoms with van der Waals surface area (Å²) in [6.45, 7) is 6.28. The number of hydrogen-bond acceptors (Lipinski definition) is 16. The first-order chi connectivity index (χ1) is 51.9. The largest absolute Gasteiger partial charge is 0.497 e. The van der Waals surface area contributed by atoms with Gasteiger partial charge in [0.2, 0.25) is 70.9 Å². The number of H-pyrrole nitrogens is 2. The summed E-state index contributed by atoms with van der Waals surface area (Å²) in [6, 6.07) is 6.20. The monoisotopic (exact) mass is 1520 g/mol. The molecular formula is C76H96F3N15O15. The molecule has 16 N–H and O–H groups in total. The number of methoxy groups -OCH3 is 1. The molecule has 2 bridgehead atoms. The van der Waals surface area contributed by atoms with E-state index in [4.69, 9.17) is 20.9 Å². The highest BCUT2D eigenvalue weighted by molar-refractivity contribution is 6.01. The number of halogens is 3. The Morgan fingerprint density at radius 1 is 0.706 bits per heavy atom. The molecule has 4 aliphatic heterocycles. The molecule has 0 spiro atoms. The first-order valence-corrected chi connectivity index (χ1v) is 36.4. The number of carbonyl (C=O) groups excluding carboxylic acids is 12. The van der Waals surface area contributed by atoms with Crippen LogP contribution in [0.4, 0.5) is 13.2 Å². The number of primary amides is 1. The summed E-state index contributed by atoms with van der Waals surface area (Å²) < 4.78 is 57.3. The number of aliphatic hydroxyl groups is 1. The van der Waals surface area contributed by atoms with Crippen LogP contribution in [0.3, 0.4) is 0 Å². The van der Waals surface area contributed by atoms with Gasteiger partial charge in [-0.05, 0) is 155 Å². The van der Waals surface area contributed by atoms with Crippen LogP contribution in [-0.4, -0.2) is 208 Å². The van der Waals surface area contributed by atoms with E-state index in [1.807, 2.05) is 0 Å². The number of aromatic amines is 2. The van der Waals surface area contributed by atoms with Crippen LogP contribution in [0.15, 0.2) is 97.3 Å². The summed E-state index contributed by atoms with van der Waals surface area (Å²) >= 11 is 0. The quantitative estimate of drug-likeness (QED) is 0.0481. The second kappa shape index (κ2) is 37.1. The van der Waals surface area contributed by atoms with Crippen molar-refractivity contribution in [1.29, 1.82) is 0 Å². The topological polar surface area (TPSA) is 442 Å². The van der Waals surface area contributed by atoms with E-state index in [2.05, 4.69) is 57.8 Å². The molecule has 6 aromatic rings. The number of amides is 12. The Morgan fingerprint density at radius 2 is 1.32 bits per heavy atom. The van der Waals surface area contributed by atoms with Gasteiger partial charge in [0.25, 0.3) is 0 Å². The lowest BCUT2D eigenvalue weighted by atomic mass is 9.94. The molecule has 0 aliphatic carbocycles. The van der Waals surface area contributed by atoms with E-state index < -0.39 is 186 Å². The number of nitrogens with one attached hydrogen (secondary N) is 11. The van der Waals surface area contributed by atoms with E-state index in [1.54, 1.807) is 68.6 Å². The Labute approximate surface area is 626 Å². The number of aryl methyl sites for hydroxylation is 1. The second-order valence-electron chi connectivity index (χ2n) is 28.4. The molecule has 12 atom stereocenters. The van der Waals surface area contributed by atoms with E-state index in [9.17, 15) is 52.6 Å². The molecule has 586 valence electrons. The highest BCUT2D eigenvalue weighted by Gasteiger charge is 2.50. The summed E-state index contributed by atoms with van der Waals surface area (Å²) in [6.07, 6.45) is -2.11. The first kappa shape index (κ1) is 82.0. The number of ether oxygens (including phenoxy) is 2. The Morgan fingerprint density at radius 3 is 1.96 bits per heavy atom. The molecule has 2 saturated heterocycles. The van der Waals surface area contributed by atoms with E-state index in [1.165, 1.54) is 68.5 Å². The van der Waals surface area contributed by atoms with Gasteiger partial charge in [0.1, 0.15) is 95.8 Å². The van der Waals surface area contributed by atoms with Gasteiger partial charge in [0.15, 0.2) is 0 Å². The number of unbranched alkanes of at least 4 members (excludes halogenated alkanes) is 1. The van der Waals surface area contributed by atoms with Crippen molar-refractivity contribution in [2.24, 2.45) is 17.4 Å². The number of hydrogen-bond donors (Lipinski definition) is 14. The molecular weight excluding hydrogens is 1420 g/mol. The van der Waals surface area contributed by atoms with Crippen LogP contribution in [0, 0.1) is 17.6 Å². The number of fused-ring (bicyclic) bond motifs is 32. The number of nitrogens with zero attached hydrogens (tertiary/aromatic N) is 2. The third kappa shape index (κ3) is 21.2. The molecule has 10 rings (SSSR count). The van der Waals surface area contributed by atoms with Gasteiger partial charge in [-0.2, -0.15) is 0 Å². The maximum Gasteiger partial charge on any atom is 0.246 e. The Balaban J connectivity index is 1.07. The number of aliphatic hydroxyl groups excluding tert-OH is 1. The molecule has 12 amide bonds. The average Bonchev–Trinajstić information content (AvgIpc) is 1.67. The average molecular weight is 1520 g/mol. The Kier molecular flexibility index (Phi) is 27.9. The maximum atomic E-state index is 16.2. The molecule has 4 aliphatic rings. The molecule has 4 aromatic carbocycles. The number of rotatable bonds is 16. The number of aromatic nitrogens is 2. The fourth-order valence-electron chi connectivity index (χ4n) is 13.6. The Bertz CT molecular complexity index is 4310. The molecule has 0 radical (unpaired) electrons. The summed E-state index contributed by atoms with van der Waals surface area (Å²) in [5, 5.41) is 35.7. The van der Waals surface area contributed by atoms with Crippen molar-refractivity contribution in [2.45, 2.75) is 184 Å². The van der Waals surface area contributed by atoms with Gasteiger partial charge in [-0.1, -0.05) is 38.1 Å². The number of benzene rings is 4. The van der Waals surface area contributed by atoms with Crippen molar-refractivity contribution in [2.75, 3.05) is 39.9 Å². The molecule has 109 heavy (non-hydrogen) atoms. The molecule has 33 heteroatoms. The fraction of sp³-hybridized carbons (Fsp3) is 0.474. The second-order valence-corrected chi connectivity index (χ2v) is 28.4. The van der Waals surface area contributed by atoms with Crippen molar-refractivity contribution in [3.05, 3.63) is 131 Å². The van der Waals surface area contributed by atoms with Crippen LogP contribution in [-0.2, 0) is 83.2 Å². The fourth-order valence-corrected chi connectivity index (χ4v) is 13.6. The van der Waals surface area contributed by atoms with E-state index >= 15 is 23.2 Å². The number of carbonyl (C=O) groups is 12. The van der Waals surface area contributed by atoms with Crippen molar-refractivity contribution < 1.29 is 85.3 Å². The molecule has 0 saturated carbocycles. The zero-order valence-corrected chi connectivity index (χ0v) is 61.5. The van der Waals surface area contributed by atoms with Gasteiger partial charge in [0.05, 0.1) is 32.7 Å². The Hall–Kier alpha value is -11.1. The predicted octanol–water partition coefficient (Wildman–Crippen LogP) is 1.36. The van der Waals surface area contributed by atoms with E-state index in [-0.39, 0.29) is 88.6 Å². The minimum atomic E-state index is -1.92. The summed E-state index contributed by atoms with van der Waals surface area (Å²) in [5.41, 5.74) is 12.7. The van der Waals surface area contributed by atoms with Crippen LogP contribution in [0.5, 0.6) is 11.5 Å². The molecule has 2 aromatic heterocycles. The maximum absolute atomic E-state index is 16.2. The van der Waals surface area contributed by atoms with Crippen LogP contribution < -0.4 is 68.8 Å². The number of alkyl halides is 1. The highest BCUT2D eigenvalue weighted by atomic mass is 19.1. The van der Waals surface area contributed by atoms with Crippen LogP contribution in [0.1, 0.15) is 108 Å². The van der Waals surface area contributed by atoms with Gasteiger partial charge >= 0.3 is 0 Å². The van der Waals surface area contributed by atoms with Gasteiger partial charge in [0, 0.05) is 72.3 Å². The van der Waals surface area contributed by atoms with Gasteiger partial charge in [-0.25, -0.2) is 13.2 Å². The van der Waals surface area contributed by atoms with Gasteiger partial charge in [-0.3, -0.25) is 57.5 Å². The lowest BCUT2D eigenvalue weighted by Gasteiger charge is -2.37. The molecule has 30 nitrogen and oxygen atoms in total. The van der Waals surface area contributed by atoms with E-state index in [0.29, 0.717) is 51.0 Å². The summed E-state index contributed by atoms with van der Waals surface area (Å²) in [7, 11) is 1.45. The van der Waals surface area contributed by atoms with Crippen LogP contribution in [0.25, 0.3) is 21.8 Å². The smallest absolute Gasteiger partial charge is 0.246 e. The lowest BCUT2D eigenvalue weighted by molar-refractivity contribution is -0.147. The molecule has 0 unspecified atom stereocenters. The number of nitrogens with two attached hydrogens (primary N) is 2. The van der Waals surface area contributed by atoms with Crippen molar-refractivity contribution in [3.63, 3.8) is 0 Å². The SMILES string of the molecule is COc1ccc(C[C@@H]2NC(=O)[C@H]([C@@H](C)O)NC(=O)[C@@H]3C[C@H](F)CN3C(=O)[C@H](Cc3c[nH]c4ccc(F)cc34)NC(=O)[C@H](CCc3c[nH]c4ccc(F)cc34)NC(=O)[C@@H](C)NC(=O)[C@H](CCCCN)NC(=O)[C@@H](NC(=O)C(C)C)CC(=O)NCCOc3ccc(cc3)C[C@@H](C(N)=O)NC(=O)[C@]3(C)CCCN3C2=O)cc1. The minimum Gasteiger partial charge on any atom is -0.497 e. The zero-order valence-electron chi connectivity index (χ0n) is 61.5. The van der Waals surface area contributed by atoms with Crippen LogP contribution >= 0.6 is 0 Å². The predicted molar refractivity (Wildman–Crippen MR) is 393 cm³/mol. The third-order valence-corrected chi connectivity index (χ3v) is 19.9. The summed E-state index contributed by atoms with van der Waals surface area (Å²) in [5.74, 6) is -12.1. The van der Waals surface area contributed by atoms with Gasteiger partial charge in [-0.15, -0.1) is 0 Å². The lowest BCUT2D eigenvalue weighted by Crippen LogP contribution is -2.64. The van der Waals surface area contributed by atoms with E-state index in [0.717, 1.165) is 11.8 Å². The van der Waals surface area contributed by atoms with Crippen LogP contribution in [0.2, 0.25) is 0 Å². The molecule has 6 heterocycles. The zero-order chi connectivity index (χ0) is 79.0. The van der Waals surface area contributed by atoms with Crippen molar-refractivity contribution >= 4 is 92.7 Å².